The quantitative estimate of drug-likeness (QED) is 0.279. The molecule has 1 aliphatic rings. The van der Waals surface area contributed by atoms with Crippen molar-refractivity contribution in [1.29, 1.82) is 0 Å². The molecule has 0 spiro atoms. The Kier molecular flexibility index (Phi) is 9.26. The predicted octanol–water partition coefficient (Wildman–Crippen LogP) is 4.61. The second-order valence-electron chi connectivity index (χ2n) is 11.3. The van der Waals surface area contributed by atoms with Gasteiger partial charge in [0.05, 0.1) is 11.0 Å². The van der Waals surface area contributed by atoms with Crippen LogP contribution in [-0.2, 0) is 27.7 Å². The highest BCUT2D eigenvalue weighted by atomic mass is 32.2. The Bertz CT molecular complexity index is 1440. The third-order valence-corrected chi connectivity index (χ3v) is 9.26. The van der Waals surface area contributed by atoms with Crippen molar-refractivity contribution < 1.29 is 23.4 Å². The third kappa shape index (κ3) is 7.67. The molecular weight excluding hydrogens is 524 g/mol. The lowest BCUT2D eigenvalue weighted by molar-refractivity contribution is -0.131. The second-order valence-corrected chi connectivity index (χ2v) is 13.3. The summed E-state index contributed by atoms with van der Waals surface area (Å²) in [6.45, 7) is 4.52. The zero-order valence-electron chi connectivity index (χ0n) is 23.2. The van der Waals surface area contributed by atoms with Crippen molar-refractivity contribution in [2.24, 2.45) is 5.92 Å². The number of hydrogen-bond donors (Lipinski definition) is 3. The van der Waals surface area contributed by atoms with Gasteiger partial charge in [0.25, 0.3) is 0 Å². The molecule has 3 N–H and O–H groups in total. The molecule has 0 fully saturated rings. The standard InChI is InChI=1S/C32H38N2O5S/c1-32(2,20-24-18-27-8-4-5-9-28(27)19-24)33-21-29(35)22-34(3)40(38,39)30-14-12-25(13-15-30)26-10-6-7-23(17-26)11-16-31(36)37/h4-17,24,29,33,35H,18-22H2,1-3H3,(H,36,37)/b16-11+/t29-/m1/s1. The summed E-state index contributed by atoms with van der Waals surface area (Å²) in [7, 11) is -2.32. The van der Waals surface area contributed by atoms with E-state index in [0.29, 0.717) is 5.92 Å². The van der Waals surface area contributed by atoms with E-state index in [9.17, 15) is 18.3 Å². The van der Waals surface area contributed by atoms with E-state index in [1.54, 1.807) is 30.3 Å². The minimum Gasteiger partial charge on any atom is -0.478 e. The predicted molar refractivity (Wildman–Crippen MR) is 158 cm³/mol. The normalized spacial score (nSPS) is 15.0. The van der Waals surface area contributed by atoms with Crippen molar-refractivity contribution in [2.45, 2.75) is 49.6 Å². The molecule has 212 valence electrons. The first-order valence-corrected chi connectivity index (χ1v) is 14.9. The molecule has 0 saturated carbocycles. The molecule has 0 aliphatic heterocycles. The average molecular weight is 563 g/mol. The molecule has 0 amide bonds. The van der Waals surface area contributed by atoms with Crippen molar-refractivity contribution in [3.8, 4) is 11.1 Å². The van der Waals surface area contributed by atoms with Crippen LogP contribution in [0.5, 0.6) is 0 Å². The van der Waals surface area contributed by atoms with Crippen molar-refractivity contribution in [2.75, 3.05) is 20.1 Å². The lowest BCUT2D eigenvalue weighted by Crippen LogP contribution is -2.47. The molecule has 0 bridgehead atoms. The molecule has 0 aromatic heterocycles. The molecule has 1 aliphatic carbocycles. The number of nitrogens with one attached hydrogen (secondary N) is 1. The number of aliphatic hydroxyl groups is 1. The summed E-state index contributed by atoms with van der Waals surface area (Å²) in [5, 5.41) is 23.0. The van der Waals surface area contributed by atoms with Crippen molar-refractivity contribution in [3.05, 3.63) is 95.6 Å². The minimum absolute atomic E-state index is 0.0278. The van der Waals surface area contributed by atoms with Gasteiger partial charge in [-0.25, -0.2) is 13.2 Å². The van der Waals surface area contributed by atoms with Gasteiger partial charge in [-0.3, -0.25) is 0 Å². The number of likely N-dealkylation sites (N-methyl/N-ethyl adjacent to an activating group) is 1. The van der Waals surface area contributed by atoms with Gasteiger partial charge in [-0.15, -0.1) is 0 Å². The van der Waals surface area contributed by atoms with Gasteiger partial charge >= 0.3 is 5.97 Å². The molecule has 40 heavy (non-hydrogen) atoms. The average Bonchev–Trinajstić information content (AvgIpc) is 3.32. The van der Waals surface area contributed by atoms with E-state index in [1.807, 2.05) is 18.2 Å². The van der Waals surface area contributed by atoms with Gasteiger partial charge < -0.3 is 15.5 Å². The van der Waals surface area contributed by atoms with E-state index in [-0.39, 0.29) is 23.5 Å². The Balaban J connectivity index is 1.31. The number of aliphatic carboxylic acids is 1. The van der Waals surface area contributed by atoms with Crippen LogP contribution in [0.4, 0.5) is 0 Å². The van der Waals surface area contributed by atoms with Crippen LogP contribution >= 0.6 is 0 Å². The number of carboxylic acid groups (broad SMARTS) is 1. The smallest absolute Gasteiger partial charge is 0.328 e. The molecule has 0 radical (unpaired) electrons. The highest BCUT2D eigenvalue weighted by Crippen LogP contribution is 2.32. The number of nitrogens with zero attached hydrogens (tertiary/aromatic N) is 1. The van der Waals surface area contributed by atoms with E-state index in [0.717, 1.165) is 42.0 Å². The van der Waals surface area contributed by atoms with E-state index in [1.165, 1.54) is 28.6 Å². The van der Waals surface area contributed by atoms with Crippen LogP contribution in [0.3, 0.4) is 0 Å². The Labute approximate surface area is 237 Å². The van der Waals surface area contributed by atoms with Gasteiger partial charge in [-0.1, -0.05) is 54.6 Å². The zero-order valence-corrected chi connectivity index (χ0v) is 24.1. The lowest BCUT2D eigenvalue weighted by atomic mass is 9.88. The Morgan fingerprint density at radius 2 is 1.68 bits per heavy atom. The zero-order chi connectivity index (χ0) is 28.9. The number of aliphatic hydroxyl groups excluding tert-OH is 1. The summed E-state index contributed by atoms with van der Waals surface area (Å²) in [4.78, 5) is 10.9. The number of rotatable bonds is 12. The summed E-state index contributed by atoms with van der Waals surface area (Å²) in [6.07, 6.45) is 4.82. The van der Waals surface area contributed by atoms with Crippen LogP contribution in [0.25, 0.3) is 17.2 Å². The maximum Gasteiger partial charge on any atom is 0.328 e. The number of carbonyl (C=O) groups is 1. The van der Waals surface area contributed by atoms with Crippen LogP contribution in [-0.4, -0.2) is 60.7 Å². The molecule has 3 aromatic carbocycles. The van der Waals surface area contributed by atoms with Gasteiger partial charge in [-0.05, 0) is 91.1 Å². The Morgan fingerprint density at radius 3 is 2.30 bits per heavy atom. The number of hydrogen-bond acceptors (Lipinski definition) is 5. The number of fused-ring (bicyclic) bond motifs is 1. The van der Waals surface area contributed by atoms with E-state index < -0.39 is 22.1 Å². The first-order valence-electron chi connectivity index (χ1n) is 13.5. The maximum atomic E-state index is 13.2. The molecular formula is C32H38N2O5S. The minimum atomic E-state index is -3.79. The van der Waals surface area contributed by atoms with Gasteiger partial charge in [0.1, 0.15) is 0 Å². The van der Waals surface area contributed by atoms with E-state index in [4.69, 9.17) is 5.11 Å². The van der Waals surface area contributed by atoms with Gasteiger partial charge in [0.15, 0.2) is 0 Å². The fourth-order valence-electron chi connectivity index (χ4n) is 5.43. The highest BCUT2D eigenvalue weighted by Gasteiger charge is 2.29. The first-order chi connectivity index (χ1) is 18.9. The van der Waals surface area contributed by atoms with Crippen LogP contribution < -0.4 is 5.32 Å². The first kappa shape index (κ1) is 29.7. The second kappa shape index (κ2) is 12.5. The van der Waals surface area contributed by atoms with Crippen LogP contribution in [0.15, 0.2) is 83.8 Å². The summed E-state index contributed by atoms with van der Waals surface area (Å²) in [5.41, 5.74) is 5.03. The Morgan fingerprint density at radius 1 is 1.02 bits per heavy atom. The van der Waals surface area contributed by atoms with E-state index in [2.05, 4.69) is 43.4 Å². The molecule has 0 unspecified atom stereocenters. The maximum absolute atomic E-state index is 13.2. The Hall–Kier alpha value is -3.30. The van der Waals surface area contributed by atoms with Crippen molar-refractivity contribution in [3.63, 3.8) is 0 Å². The molecule has 7 nitrogen and oxygen atoms in total. The van der Waals surface area contributed by atoms with Crippen molar-refractivity contribution in [1.82, 2.24) is 9.62 Å². The molecule has 0 heterocycles. The summed E-state index contributed by atoms with van der Waals surface area (Å²) in [6, 6.07) is 22.5. The van der Waals surface area contributed by atoms with Crippen LogP contribution in [0.2, 0.25) is 0 Å². The molecule has 1 atom stereocenters. The SMILES string of the molecule is CN(C[C@H](O)CNC(C)(C)CC1Cc2ccccc2C1)S(=O)(=O)c1ccc(-c2cccc(/C=C/C(=O)O)c2)cc1. The topological polar surface area (TPSA) is 107 Å². The summed E-state index contributed by atoms with van der Waals surface area (Å²) < 4.78 is 27.6. The van der Waals surface area contributed by atoms with Gasteiger partial charge in [0, 0.05) is 31.8 Å². The van der Waals surface area contributed by atoms with Gasteiger partial charge in [-0.2, -0.15) is 4.31 Å². The number of sulfonamides is 1. The number of β-amino-alcohol motifs (C(OH)–C–C–N with tert-alkyl or cyclic N) is 1. The van der Waals surface area contributed by atoms with Crippen molar-refractivity contribution >= 4 is 22.1 Å². The molecule has 3 aromatic rings. The lowest BCUT2D eigenvalue weighted by Gasteiger charge is -2.31. The molecule has 4 rings (SSSR count). The largest absolute Gasteiger partial charge is 0.478 e. The fourth-order valence-corrected chi connectivity index (χ4v) is 6.64. The fraction of sp³-hybridized carbons (Fsp3) is 0.344. The van der Waals surface area contributed by atoms with Crippen LogP contribution in [0, 0.1) is 5.92 Å². The van der Waals surface area contributed by atoms with E-state index >= 15 is 0 Å². The monoisotopic (exact) mass is 562 g/mol. The number of carboxylic acids is 1. The van der Waals surface area contributed by atoms with Crippen LogP contribution in [0.1, 0.15) is 37.0 Å². The van der Waals surface area contributed by atoms with Gasteiger partial charge in [0.2, 0.25) is 10.0 Å². The molecule has 0 saturated heterocycles. The number of benzene rings is 3. The summed E-state index contributed by atoms with van der Waals surface area (Å²) in [5.74, 6) is -0.476. The molecule has 8 heteroatoms. The third-order valence-electron chi connectivity index (χ3n) is 7.42. The highest BCUT2D eigenvalue weighted by molar-refractivity contribution is 7.89. The summed E-state index contributed by atoms with van der Waals surface area (Å²) >= 11 is 0.